The molecule has 1 aromatic carbocycles. The predicted molar refractivity (Wildman–Crippen MR) is 104 cm³/mol. The molecule has 3 heterocycles. The number of benzene rings is 1. The number of pyridine rings is 1. The number of aromatic nitrogens is 1. The predicted octanol–water partition coefficient (Wildman–Crippen LogP) is 4.72. The van der Waals surface area contributed by atoms with Crippen molar-refractivity contribution < 1.29 is 0 Å². The number of rotatable bonds is 4. The van der Waals surface area contributed by atoms with Gasteiger partial charge in [-0.3, -0.25) is 4.90 Å². The van der Waals surface area contributed by atoms with E-state index in [0.29, 0.717) is 6.04 Å². The van der Waals surface area contributed by atoms with Crippen molar-refractivity contribution in [3.8, 4) is 0 Å². The van der Waals surface area contributed by atoms with Crippen LogP contribution in [-0.4, -0.2) is 29.5 Å². The molecule has 25 heavy (non-hydrogen) atoms. The molecule has 2 aliphatic rings. The summed E-state index contributed by atoms with van der Waals surface area (Å²) in [6, 6.07) is 13.8. The highest BCUT2D eigenvalue weighted by Crippen LogP contribution is 2.33. The van der Waals surface area contributed by atoms with E-state index < -0.39 is 0 Å². The van der Waals surface area contributed by atoms with Crippen molar-refractivity contribution in [3.05, 3.63) is 59.3 Å². The molecule has 2 saturated heterocycles. The normalized spacial score (nSPS) is 21.6. The summed E-state index contributed by atoms with van der Waals surface area (Å²) in [7, 11) is 0. The summed E-state index contributed by atoms with van der Waals surface area (Å²) in [5.74, 6) is 1.20. The summed E-state index contributed by atoms with van der Waals surface area (Å²) in [5.41, 5.74) is 4.15. The van der Waals surface area contributed by atoms with Gasteiger partial charge in [0.25, 0.3) is 0 Å². The van der Waals surface area contributed by atoms with Crippen molar-refractivity contribution in [1.82, 2.24) is 9.88 Å². The van der Waals surface area contributed by atoms with Crippen LogP contribution in [0.1, 0.15) is 54.8 Å². The van der Waals surface area contributed by atoms with Gasteiger partial charge in [-0.05, 0) is 61.9 Å². The Morgan fingerprint density at radius 1 is 1.00 bits per heavy atom. The van der Waals surface area contributed by atoms with E-state index in [0.717, 1.165) is 19.6 Å². The van der Waals surface area contributed by atoms with Crippen molar-refractivity contribution in [2.24, 2.45) is 0 Å². The summed E-state index contributed by atoms with van der Waals surface area (Å²) in [4.78, 5) is 9.97. The van der Waals surface area contributed by atoms with Crippen LogP contribution < -0.4 is 4.90 Å². The molecule has 2 fully saturated rings. The van der Waals surface area contributed by atoms with Crippen LogP contribution in [0.15, 0.2) is 42.6 Å². The standard InChI is InChI=1S/C22H29N3/c1-18-15-20(16-23-22(18)24-12-7-8-13-24)21-11-5-6-14-25(21)17-19-9-3-2-4-10-19/h2-4,9-10,15-16,21H,5-8,11-14,17H2,1H3. The number of hydrogen-bond acceptors (Lipinski definition) is 3. The highest BCUT2D eigenvalue weighted by molar-refractivity contribution is 5.48. The molecule has 0 aliphatic carbocycles. The molecule has 0 amide bonds. The topological polar surface area (TPSA) is 19.4 Å². The third-order valence-corrected chi connectivity index (χ3v) is 5.70. The van der Waals surface area contributed by atoms with Gasteiger partial charge in [-0.15, -0.1) is 0 Å². The van der Waals surface area contributed by atoms with Crippen LogP contribution >= 0.6 is 0 Å². The molecule has 3 heteroatoms. The van der Waals surface area contributed by atoms with Crippen LogP contribution in [0.5, 0.6) is 0 Å². The fourth-order valence-corrected chi connectivity index (χ4v) is 4.41. The average molecular weight is 335 g/mol. The zero-order chi connectivity index (χ0) is 17.1. The van der Waals surface area contributed by atoms with Crippen LogP contribution in [0.2, 0.25) is 0 Å². The fraction of sp³-hybridized carbons (Fsp3) is 0.500. The van der Waals surface area contributed by atoms with Gasteiger partial charge in [0.1, 0.15) is 5.82 Å². The van der Waals surface area contributed by atoms with Gasteiger partial charge in [-0.1, -0.05) is 36.8 Å². The largest absolute Gasteiger partial charge is 0.356 e. The third kappa shape index (κ3) is 3.72. The van der Waals surface area contributed by atoms with Crippen LogP contribution in [0.4, 0.5) is 5.82 Å². The van der Waals surface area contributed by atoms with Crippen molar-refractivity contribution >= 4 is 5.82 Å². The summed E-state index contributed by atoms with van der Waals surface area (Å²) in [5, 5.41) is 0. The molecule has 1 unspecified atom stereocenters. The quantitative estimate of drug-likeness (QED) is 0.806. The van der Waals surface area contributed by atoms with Crippen molar-refractivity contribution in [3.63, 3.8) is 0 Å². The molecular weight excluding hydrogens is 306 g/mol. The van der Waals surface area contributed by atoms with Gasteiger partial charge in [0.05, 0.1) is 0 Å². The van der Waals surface area contributed by atoms with Gasteiger partial charge in [0.2, 0.25) is 0 Å². The van der Waals surface area contributed by atoms with Crippen molar-refractivity contribution in [2.75, 3.05) is 24.5 Å². The van der Waals surface area contributed by atoms with E-state index in [-0.39, 0.29) is 0 Å². The average Bonchev–Trinajstić information content (AvgIpc) is 3.17. The van der Waals surface area contributed by atoms with E-state index in [1.165, 1.54) is 61.2 Å². The minimum absolute atomic E-state index is 0.507. The van der Waals surface area contributed by atoms with Gasteiger partial charge in [0.15, 0.2) is 0 Å². The second-order valence-electron chi connectivity index (χ2n) is 7.57. The lowest BCUT2D eigenvalue weighted by molar-refractivity contribution is 0.140. The first-order valence-corrected chi connectivity index (χ1v) is 9.81. The Balaban J connectivity index is 1.54. The third-order valence-electron chi connectivity index (χ3n) is 5.70. The van der Waals surface area contributed by atoms with Gasteiger partial charge in [-0.25, -0.2) is 4.98 Å². The van der Waals surface area contributed by atoms with E-state index in [1.807, 2.05) is 0 Å². The Morgan fingerprint density at radius 3 is 2.52 bits per heavy atom. The molecule has 1 aromatic heterocycles. The van der Waals surface area contributed by atoms with E-state index in [2.05, 4.69) is 59.3 Å². The minimum atomic E-state index is 0.507. The van der Waals surface area contributed by atoms with Crippen molar-refractivity contribution in [1.29, 1.82) is 0 Å². The minimum Gasteiger partial charge on any atom is -0.356 e. The maximum Gasteiger partial charge on any atom is 0.131 e. The molecule has 0 N–H and O–H groups in total. The molecule has 0 spiro atoms. The molecule has 2 aliphatic heterocycles. The first-order valence-electron chi connectivity index (χ1n) is 9.81. The fourth-order valence-electron chi connectivity index (χ4n) is 4.41. The van der Waals surface area contributed by atoms with Gasteiger partial charge >= 0.3 is 0 Å². The molecular formula is C22H29N3. The Labute approximate surface area is 151 Å². The van der Waals surface area contributed by atoms with Crippen molar-refractivity contribution in [2.45, 2.75) is 51.6 Å². The molecule has 3 nitrogen and oxygen atoms in total. The maximum atomic E-state index is 4.88. The number of piperidine rings is 1. The molecule has 1 atom stereocenters. The lowest BCUT2D eigenvalue weighted by atomic mass is 9.95. The highest BCUT2D eigenvalue weighted by atomic mass is 15.2. The summed E-state index contributed by atoms with van der Waals surface area (Å²) in [6.45, 7) is 6.78. The number of nitrogens with zero attached hydrogens (tertiary/aromatic N) is 3. The first kappa shape index (κ1) is 16.6. The highest BCUT2D eigenvalue weighted by Gasteiger charge is 2.25. The van der Waals surface area contributed by atoms with Gasteiger partial charge < -0.3 is 4.90 Å². The van der Waals surface area contributed by atoms with Crippen LogP contribution in [0, 0.1) is 6.92 Å². The second kappa shape index (κ2) is 7.57. The molecule has 132 valence electrons. The molecule has 0 radical (unpaired) electrons. The number of aryl methyl sites for hydroxylation is 1. The number of likely N-dealkylation sites (tertiary alicyclic amines) is 1. The van der Waals surface area contributed by atoms with Gasteiger partial charge in [0, 0.05) is 31.9 Å². The molecule has 2 aromatic rings. The Morgan fingerprint density at radius 2 is 1.76 bits per heavy atom. The lowest BCUT2D eigenvalue weighted by Crippen LogP contribution is -2.33. The Bertz CT molecular complexity index is 692. The van der Waals surface area contributed by atoms with E-state index in [4.69, 9.17) is 4.98 Å². The number of hydrogen-bond donors (Lipinski definition) is 0. The van der Waals surface area contributed by atoms with Crippen LogP contribution in [0.25, 0.3) is 0 Å². The monoisotopic (exact) mass is 335 g/mol. The smallest absolute Gasteiger partial charge is 0.131 e. The van der Waals surface area contributed by atoms with Crippen LogP contribution in [0.3, 0.4) is 0 Å². The summed E-state index contributed by atoms with van der Waals surface area (Å²) in [6.07, 6.45) is 8.63. The Kier molecular flexibility index (Phi) is 5.02. The zero-order valence-corrected chi connectivity index (χ0v) is 15.3. The maximum absolute atomic E-state index is 4.88. The molecule has 4 rings (SSSR count). The second-order valence-corrected chi connectivity index (χ2v) is 7.57. The zero-order valence-electron chi connectivity index (χ0n) is 15.3. The number of anilines is 1. The van der Waals surface area contributed by atoms with E-state index >= 15 is 0 Å². The van der Waals surface area contributed by atoms with E-state index in [1.54, 1.807) is 0 Å². The Hall–Kier alpha value is -1.87. The molecule has 0 saturated carbocycles. The SMILES string of the molecule is Cc1cc(C2CCCCN2Cc2ccccc2)cnc1N1CCCC1. The van der Waals surface area contributed by atoms with Crippen LogP contribution in [-0.2, 0) is 6.54 Å². The first-order chi connectivity index (χ1) is 12.3. The summed E-state index contributed by atoms with van der Waals surface area (Å²) >= 11 is 0. The molecule has 0 bridgehead atoms. The van der Waals surface area contributed by atoms with E-state index in [9.17, 15) is 0 Å². The summed E-state index contributed by atoms with van der Waals surface area (Å²) < 4.78 is 0. The van der Waals surface area contributed by atoms with Gasteiger partial charge in [-0.2, -0.15) is 0 Å². The lowest BCUT2D eigenvalue weighted by Gasteiger charge is -2.36.